The van der Waals surface area contributed by atoms with Gasteiger partial charge in [-0.05, 0) is 13.0 Å². The molecule has 1 atom stereocenters. The zero-order valence-corrected chi connectivity index (χ0v) is 10.2. The lowest BCUT2D eigenvalue weighted by Gasteiger charge is -2.29. The summed E-state index contributed by atoms with van der Waals surface area (Å²) < 4.78 is 0. The van der Waals surface area contributed by atoms with E-state index in [9.17, 15) is 5.11 Å². The summed E-state index contributed by atoms with van der Waals surface area (Å²) in [6.07, 6.45) is 1.45. The van der Waals surface area contributed by atoms with Gasteiger partial charge in [-0.3, -0.25) is 0 Å². The first-order valence-corrected chi connectivity index (χ1v) is 6.09. The Morgan fingerprint density at radius 1 is 1.53 bits per heavy atom. The highest BCUT2D eigenvalue weighted by Gasteiger charge is 2.10. The van der Waals surface area contributed by atoms with Gasteiger partial charge in [-0.2, -0.15) is 0 Å². The summed E-state index contributed by atoms with van der Waals surface area (Å²) in [5.41, 5.74) is 1.19. The first-order chi connectivity index (χ1) is 8.25. The Morgan fingerprint density at radius 3 is 3.00 bits per heavy atom. The first-order valence-electron chi connectivity index (χ1n) is 6.09. The summed E-state index contributed by atoms with van der Waals surface area (Å²) in [5.74, 6) is 0.821. The van der Waals surface area contributed by atoms with Gasteiger partial charge in [0, 0.05) is 50.7 Å². The van der Waals surface area contributed by atoms with Crippen molar-refractivity contribution in [2.75, 3.05) is 42.9 Å². The van der Waals surface area contributed by atoms with E-state index in [4.69, 9.17) is 0 Å². The number of aliphatic hydroxyl groups is 1. The molecule has 0 radical (unpaired) electrons. The lowest BCUT2D eigenvalue weighted by molar-refractivity contribution is 0.208. The first kappa shape index (κ1) is 12.1. The van der Waals surface area contributed by atoms with Gasteiger partial charge < -0.3 is 20.6 Å². The van der Waals surface area contributed by atoms with Crippen LogP contribution in [0.2, 0.25) is 0 Å². The molecule has 3 N–H and O–H groups in total. The number of hydrogen-bond donors (Lipinski definition) is 3. The highest BCUT2D eigenvalue weighted by molar-refractivity contribution is 5.54. The normalized spacial score (nSPS) is 17.9. The van der Waals surface area contributed by atoms with Crippen LogP contribution in [0.25, 0.3) is 0 Å². The lowest BCUT2D eigenvalue weighted by atomic mass is 10.3. The van der Waals surface area contributed by atoms with Crippen molar-refractivity contribution in [3.63, 3.8) is 0 Å². The highest BCUT2D eigenvalue weighted by atomic mass is 16.3. The molecule has 1 aromatic heterocycles. The van der Waals surface area contributed by atoms with E-state index in [1.807, 2.05) is 18.3 Å². The predicted molar refractivity (Wildman–Crippen MR) is 69.5 cm³/mol. The average molecular weight is 236 g/mol. The summed E-state index contributed by atoms with van der Waals surface area (Å²) in [5, 5.41) is 15.7. The molecule has 0 spiro atoms. The van der Waals surface area contributed by atoms with E-state index in [1.165, 1.54) is 5.69 Å². The van der Waals surface area contributed by atoms with Gasteiger partial charge in [-0.15, -0.1) is 0 Å². The van der Waals surface area contributed by atoms with Crippen LogP contribution >= 0.6 is 0 Å². The van der Waals surface area contributed by atoms with Crippen LogP contribution in [0, 0.1) is 0 Å². The molecule has 1 unspecified atom stereocenters. The van der Waals surface area contributed by atoms with Crippen LogP contribution in [0.15, 0.2) is 18.3 Å². The van der Waals surface area contributed by atoms with E-state index in [0.717, 1.165) is 32.0 Å². The largest absolute Gasteiger partial charge is 0.392 e. The summed E-state index contributed by atoms with van der Waals surface area (Å²) in [7, 11) is 0. The van der Waals surface area contributed by atoms with Crippen molar-refractivity contribution in [3.05, 3.63) is 18.3 Å². The van der Waals surface area contributed by atoms with E-state index in [1.54, 1.807) is 6.92 Å². The average Bonchev–Trinajstić information content (AvgIpc) is 2.38. The second-order valence-electron chi connectivity index (χ2n) is 4.37. The minimum absolute atomic E-state index is 0.361. The quantitative estimate of drug-likeness (QED) is 0.701. The van der Waals surface area contributed by atoms with E-state index in [0.29, 0.717) is 6.54 Å². The van der Waals surface area contributed by atoms with Crippen LogP contribution in [-0.2, 0) is 0 Å². The molecule has 1 aliphatic heterocycles. The van der Waals surface area contributed by atoms with Crippen molar-refractivity contribution in [3.8, 4) is 0 Å². The Labute approximate surface area is 102 Å². The predicted octanol–water partition coefficient (Wildman–Crippen LogP) is 0.284. The topological polar surface area (TPSA) is 60.4 Å². The van der Waals surface area contributed by atoms with Crippen molar-refractivity contribution in [1.29, 1.82) is 0 Å². The standard InChI is InChI=1S/C12H20N4O/c1-10(17)9-15-12-8-11(2-3-14-12)16-6-4-13-5-7-16/h2-3,8,10,13,17H,4-7,9H2,1H3,(H,14,15). The molecule has 94 valence electrons. The third kappa shape index (κ3) is 3.57. The number of aromatic nitrogens is 1. The Bertz CT molecular complexity index is 350. The van der Waals surface area contributed by atoms with Gasteiger partial charge in [-0.1, -0.05) is 0 Å². The highest BCUT2D eigenvalue weighted by Crippen LogP contribution is 2.17. The van der Waals surface area contributed by atoms with E-state index >= 15 is 0 Å². The molecule has 1 aromatic rings. The van der Waals surface area contributed by atoms with Crippen LogP contribution in [0.5, 0.6) is 0 Å². The number of pyridine rings is 1. The maximum atomic E-state index is 9.22. The number of anilines is 2. The van der Waals surface area contributed by atoms with Gasteiger partial charge in [0.1, 0.15) is 5.82 Å². The second kappa shape index (κ2) is 5.84. The molecule has 0 saturated carbocycles. The molecule has 5 heteroatoms. The van der Waals surface area contributed by atoms with Gasteiger partial charge in [0.05, 0.1) is 6.10 Å². The number of aliphatic hydroxyl groups excluding tert-OH is 1. The van der Waals surface area contributed by atoms with E-state index in [-0.39, 0.29) is 6.10 Å². The zero-order chi connectivity index (χ0) is 12.1. The third-order valence-corrected chi connectivity index (χ3v) is 2.80. The smallest absolute Gasteiger partial charge is 0.128 e. The SMILES string of the molecule is CC(O)CNc1cc(N2CCNCC2)ccn1. The van der Waals surface area contributed by atoms with Crippen LogP contribution in [0.3, 0.4) is 0 Å². The maximum Gasteiger partial charge on any atom is 0.128 e. The van der Waals surface area contributed by atoms with Gasteiger partial charge in [0.2, 0.25) is 0 Å². The monoisotopic (exact) mass is 236 g/mol. The number of nitrogens with zero attached hydrogens (tertiary/aromatic N) is 2. The van der Waals surface area contributed by atoms with E-state index in [2.05, 4.69) is 20.5 Å². The zero-order valence-electron chi connectivity index (χ0n) is 10.2. The van der Waals surface area contributed by atoms with Gasteiger partial charge in [-0.25, -0.2) is 4.98 Å². The van der Waals surface area contributed by atoms with Crippen molar-refractivity contribution >= 4 is 11.5 Å². The van der Waals surface area contributed by atoms with Crippen molar-refractivity contribution in [1.82, 2.24) is 10.3 Å². The molecule has 0 aromatic carbocycles. The van der Waals surface area contributed by atoms with Crippen molar-refractivity contribution in [2.24, 2.45) is 0 Å². The molecule has 1 aliphatic rings. The number of hydrogen-bond acceptors (Lipinski definition) is 5. The van der Waals surface area contributed by atoms with Crippen LogP contribution in [0.4, 0.5) is 11.5 Å². The fraction of sp³-hybridized carbons (Fsp3) is 0.583. The molecular weight excluding hydrogens is 216 g/mol. The molecule has 0 amide bonds. The molecule has 0 bridgehead atoms. The minimum Gasteiger partial charge on any atom is -0.392 e. The number of rotatable bonds is 4. The fourth-order valence-electron chi connectivity index (χ4n) is 1.89. The summed E-state index contributed by atoms with van der Waals surface area (Å²) in [6.45, 7) is 6.39. The van der Waals surface area contributed by atoms with Gasteiger partial charge in [0.15, 0.2) is 0 Å². The molecule has 5 nitrogen and oxygen atoms in total. The summed E-state index contributed by atoms with van der Waals surface area (Å²) >= 11 is 0. The molecule has 1 saturated heterocycles. The van der Waals surface area contributed by atoms with Gasteiger partial charge >= 0.3 is 0 Å². The van der Waals surface area contributed by atoms with Crippen LogP contribution in [0.1, 0.15) is 6.92 Å². The van der Waals surface area contributed by atoms with Crippen molar-refractivity contribution < 1.29 is 5.11 Å². The molecule has 0 aliphatic carbocycles. The Kier molecular flexibility index (Phi) is 4.17. The maximum absolute atomic E-state index is 9.22. The molecule has 2 rings (SSSR count). The van der Waals surface area contributed by atoms with Gasteiger partial charge in [0.25, 0.3) is 0 Å². The summed E-state index contributed by atoms with van der Waals surface area (Å²) in [4.78, 5) is 6.58. The van der Waals surface area contributed by atoms with Crippen LogP contribution < -0.4 is 15.5 Å². The van der Waals surface area contributed by atoms with Crippen molar-refractivity contribution in [2.45, 2.75) is 13.0 Å². The minimum atomic E-state index is -0.361. The third-order valence-electron chi connectivity index (χ3n) is 2.80. The molecular formula is C12H20N4O. The number of nitrogens with one attached hydrogen (secondary N) is 2. The molecule has 1 fully saturated rings. The number of piperazine rings is 1. The Morgan fingerprint density at radius 2 is 2.29 bits per heavy atom. The van der Waals surface area contributed by atoms with Crippen LogP contribution in [-0.4, -0.2) is 48.9 Å². The second-order valence-corrected chi connectivity index (χ2v) is 4.37. The molecule has 17 heavy (non-hydrogen) atoms. The fourth-order valence-corrected chi connectivity index (χ4v) is 1.89. The Hall–Kier alpha value is -1.33. The summed E-state index contributed by atoms with van der Waals surface area (Å²) in [6, 6.07) is 4.06. The van der Waals surface area contributed by atoms with E-state index < -0.39 is 0 Å². The lowest BCUT2D eigenvalue weighted by Crippen LogP contribution is -2.43. The Balaban J connectivity index is 2.00. The molecule has 2 heterocycles.